The second-order valence-electron chi connectivity index (χ2n) is 5.69. The van der Waals surface area contributed by atoms with Gasteiger partial charge in [-0.2, -0.15) is 0 Å². The number of nitrogens with zero attached hydrogens (tertiary/aromatic N) is 2. The zero-order chi connectivity index (χ0) is 17.3. The van der Waals surface area contributed by atoms with Crippen LogP contribution in [-0.4, -0.2) is 16.1 Å². The molecule has 2 aromatic rings. The Hall–Kier alpha value is -2.15. The highest BCUT2D eigenvalue weighted by Gasteiger charge is 2.31. The first kappa shape index (κ1) is 16.7. The molecule has 1 N–H and O–H groups in total. The molecule has 122 valence electrons. The minimum absolute atomic E-state index is 0.257. The Morgan fingerprint density at radius 3 is 2.50 bits per heavy atom. The molecule has 1 aromatic carbocycles. The third kappa shape index (κ3) is 3.08. The van der Waals surface area contributed by atoms with E-state index in [4.69, 9.17) is 0 Å². The quantitative estimate of drug-likeness (QED) is 0.724. The van der Waals surface area contributed by atoms with Gasteiger partial charge in [0.15, 0.2) is 0 Å². The summed E-state index contributed by atoms with van der Waals surface area (Å²) in [4.78, 5) is 18.1. The Kier molecular flexibility index (Phi) is 4.71. The number of carboxylic acid groups (broad SMARTS) is 1. The van der Waals surface area contributed by atoms with Crippen molar-refractivity contribution < 1.29 is 9.90 Å². The molecule has 1 aromatic heterocycles. The first-order valence-corrected chi connectivity index (χ1v) is 8.65. The molecular weight excluding hydrogens is 415 g/mol. The number of benzene rings is 1. The van der Waals surface area contributed by atoms with Crippen LogP contribution in [0.4, 0.5) is 5.69 Å². The Bertz CT molecular complexity index is 826. The van der Waals surface area contributed by atoms with Gasteiger partial charge in [0.2, 0.25) is 0 Å². The Balaban J connectivity index is 2.12. The SMILES string of the molecule is CC1=CC(c2ccc(I)cc2)C(C(=O)O)=C(C)N1c1cccnc1. The summed E-state index contributed by atoms with van der Waals surface area (Å²) in [6.45, 7) is 3.85. The third-order valence-corrected chi connectivity index (χ3v) is 4.88. The molecule has 0 bridgehead atoms. The molecule has 0 aliphatic carbocycles. The topological polar surface area (TPSA) is 53.4 Å². The molecule has 4 nitrogen and oxygen atoms in total. The van der Waals surface area contributed by atoms with E-state index in [1.807, 2.05) is 61.2 Å². The highest BCUT2D eigenvalue weighted by molar-refractivity contribution is 14.1. The molecule has 1 aliphatic heterocycles. The molecule has 0 fully saturated rings. The Morgan fingerprint density at radius 2 is 1.92 bits per heavy atom. The van der Waals surface area contributed by atoms with E-state index in [1.165, 1.54) is 0 Å². The summed E-state index contributed by atoms with van der Waals surface area (Å²) in [6, 6.07) is 11.8. The summed E-state index contributed by atoms with van der Waals surface area (Å²) >= 11 is 2.25. The number of aliphatic carboxylic acids is 1. The van der Waals surface area contributed by atoms with Crippen molar-refractivity contribution in [3.63, 3.8) is 0 Å². The fourth-order valence-corrected chi connectivity index (χ4v) is 3.47. The molecule has 1 unspecified atom stereocenters. The maximum atomic E-state index is 12.0. The van der Waals surface area contributed by atoms with Crippen LogP contribution in [0.5, 0.6) is 0 Å². The molecule has 2 heterocycles. The fourth-order valence-electron chi connectivity index (χ4n) is 3.11. The van der Waals surface area contributed by atoms with Crippen LogP contribution >= 0.6 is 22.6 Å². The average Bonchev–Trinajstić information content (AvgIpc) is 2.55. The number of carboxylic acids is 1. The molecule has 24 heavy (non-hydrogen) atoms. The second-order valence-corrected chi connectivity index (χ2v) is 6.93. The molecule has 0 radical (unpaired) electrons. The van der Waals surface area contributed by atoms with Gasteiger partial charge >= 0.3 is 5.97 Å². The lowest BCUT2D eigenvalue weighted by atomic mass is 9.86. The summed E-state index contributed by atoms with van der Waals surface area (Å²) in [6.07, 6.45) is 5.45. The Morgan fingerprint density at radius 1 is 1.21 bits per heavy atom. The van der Waals surface area contributed by atoms with Gasteiger partial charge in [-0.05, 0) is 66.3 Å². The van der Waals surface area contributed by atoms with Crippen LogP contribution in [0.3, 0.4) is 0 Å². The monoisotopic (exact) mass is 432 g/mol. The third-order valence-electron chi connectivity index (χ3n) is 4.16. The lowest BCUT2D eigenvalue weighted by Gasteiger charge is -2.34. The second kappa shape index (κ2) is 6.76. The van der Waals surface area contributed by atoms with Gasteiger partial charge in [0.25, 0.3) is 0 Å². The molecule has 0 spiro atoms. The summed E-state index contributed by atoms with van der Waals surface area (Å²) in [5, 5.41) is 9.82. The highest BCUT2D eigenvalue weighted by atomic mass is 127. The number of carbonyl (C=O) groups is 1. The molecule has 5 heteroatoms. The van der Waals surface area contributed by atoms with Gasteiger partial charge < -0.3 is 10.0 Å². The predicted octanol–water partition coefficient (Wildman–Crippen LogP) is 4.55. The van der Waals surface area contributed by atoms with Gasteiger partial charge in [0.05, 0.1) is 17.5 Å². The summed E-state index contributed by atoms with van der Waals surface area (Å²) in [5.74, 6) is -1.15. The zero-order valence-corrected chi connectivity index (χ0v) is 15.6. The van der Waals surface area contributed by atoms with Gasteiger partial charge in [-0.15, -0.1) is 0 Å². The largest absolute Gasteiger partial charge is 0.478 e. The van der Waals surface area contributed by atoms with E-state index in [1.54, 1.807) is 12.4 Å². The molecular formula is C19H17IN2O2. The van der Waals surface area contributed by atoms with Crippen LogP contribution in [0, 0.1) is 3.57 Å². The van der Waals surface area contributed by atoms with E-state index in [9.17, 15) is 9.90 Å². The smallest absolute Gasteiger partial charge is 0.334 e. The van der Waals surface area contributed by atoms with Crippen LogP contribution in [0.2, 0.25) is 0 Å². The maximum Gasteiger partial charge on any atom is 0.334 e. The number of allylic oxidation sites excluding steroid dienone is 3. The van der Waals surface area contributed by atoms with Crippen molar-refractivity contribution in [1.29, 1.82) is 0 Å². The van der Waals surface area contributed by atoms with Gasteiger partial charge in [-0.25, -0.2) is 4.79 Å². The van der Waals surface area contributed by atoms with Crippen molar-refractivity contribution in [1.82, 2.24) is 4.98 Å². The number of anilines is 1. The fraction of sp³-hybridized carbons (Fsp3) is 0.158. The number of aromatic nitrogens is 1. The summed E-state index contributed by atoms with van der Waals surface area (Å²) in [5.41, 5.74) is 3.96. The summed E-state index contributed by atoms with van der Waals surface area (Å²) < 4.78 is 1.13. The lowest BCUT2D eigenvalue weighted by Crippen LogP contribution is -2.29. The first-order valence-electron chi connectivity index (χ1n) is 7.57. The van der Waals surface area contributed by atoms with Gasteiger partial charge in [-0.3, -0.25) is 4.98 Å². The van der Waals surface area contributed by atoms with Crippen molar-refractivity contribution in [2.45, 2.75) is 19.8 Å². The minimum Gasteiger partial charge on any atom is -0.478 e. The van der Waals surface area contributed by atoms with E-state index in [0.29, 0.717) is 5.57 Å². The highest BCUT2D eigenvalue weighted by Crippen LogP contribution is 2.38. The molecule has 0 saturated carbocycles. The van der Waals surface area contributed by atoms with Crippen LogP contribution in [-0.2, 0) is 4.79 Å². The van der Waals surface area contributed by atoms with Crippen LogP contribution in [0.25, 0.3) is 0 Å². The van der Waals surface area contributed by atoms with Crippen LogP contribution in [0.15, 0.2) is 71.8 Å². The number of pyridine rings is 1. The number of rotatable bonds is 3. The normalized spacial score (nSPS) is 17.7. The van der Waals surface area contributed by atoms with Crippen molar-refractivity contribution >= 4 is 34.2 Å². The maximum absolute atomic E-state index is 12.0. The van der Waals surface area contributed by atoms with Gasteiger partial charge in [0, 0.05) is 27.1 Å². The van der Waals surface area contributed by atoms with E-state index in [-0.39, 0.29) is 5.92 Å². The van der Waals surface area contributed by atoms with E-state index in [2.05, 4.69) is 27.6 Å². The minimum atomic E-state index is -0.895. The number of hydrogen-bond donors (Lipinski definition) is 1. The van der Waals surface area contributed by atoms with Gasteiger partial charge in [-0.1, -0.05) is 18.2 Å². The van der Waals surface area contributed by atoms with E-state index < -0.39 is 5.97 Å². The van der Waals surface area contributed by atoms with Crippen LogP contribution in [0.1, 0.15) is 25.3 Å². The van der Waals surface area contributed by atoms with Gasteiger partial charge in [0.1, 0.15) is 0 Å². The molecule has 0 saturated heterocycles. The lowest BCUT2D eigenvalue weighted by molar-refractivity contribution is -0.132. The molecule has 0 amide bonds. The molecule has 3 rings (SSSR count). The van der Waals surface area contributed by atoms with Crippen molar-refractivity contribution in [2.75, 3.05) is 4.90 Å². The number of hydrogen-bond acceptors (Lipinski definition) is 3. The van der Waals surface area contributed by atoms with Crippen molar-refractivity contribution in [3.05, 3.63) is 81.0 Å². The average molecular weight is 432 g/mol. The van der Waals surface area contributed by atoms with E-state index in [0.717, 1.165) is 26.2 Å². The van der Waals surface area contributed by atoms with Crippen LogP contribution < -0.4 is 4.90 Å². The van der Waals surface area contributed by atoms with E-state index >= 15 is 0 Å². The van der Waals surface area contributed by atoms with Crippen molar-refractivity contribution in [2.24, 2.45) is 0 Å². The molecule has 1 aliphatic rings. The zero-order valence-electron chi connectivity index (χ0n) is 13.4. The molecule has 1 atom stereocenters. The standard InChI is InChI=1S/C19H17IN2O2/c1-12-10-17(14-5-7-15(20)8-6-14)18(19(23)24)13(2)22(12)16-4-3-9-21-11-16/h3-11,17H,1-2H3,(H,23,24). The number of halogens is 1. The summed E-state index contributed by atoms with van der Waals surface area (Å²) in [7, 11) is 0. The predicted molar refractivity (Wildman–Crippen MR) is 103 cm³/mol. The first-order chi connectivity index (χ1) is 11.5. The Labute approximate surface area is 154 Å². The van der Waals surface area contributed by atoms with Crippen molar-refractivity contribution in [3.8, 4) is 0 Å².